The van der Waals surface area contributed by atoms with E-state index in [1.54, 1.807) is 12.1 Å². The second-order valence-corrected chi connectivity index (χ2v) is 9.15. The molecule has 2 N–H and O–H groups in total. The molecule has 0 unspecified atom stereocenters. The van der Waals surface area contributed by atoms with Crippen molar-refractivity contribution >= 4 is 40.9 Å². The number of ether oxygens (including phenoxy) is 2. The van der Waals surface area contributed by atoms with Crippen LogP contribution >= 0.6 is 23.4 Å². The molecule has 8 heteroatoms. The van der Waals surface area contributed by atoms with Gasteiger partial charge in [0.25, 0.3) is 5.91 Å². The average molecular weight is 513 g/mol. The average Bonchev–Trinajstić information content (AvgIpc) is 2.83. The SMILES string of the molecule is CCOc1ccc(CCNC(=O)c2ccc(Sc3ccc(Cl)cc3)c(NC(C)=O)c2)cc1OCC. The monoisotopic (exact) mass is 512 g/mol. The van der Waals surface area contributed by atoms with Gasteiger partial charge < -0.3 is 20.1 Å². The molecule has 0 saturated carbocycles. The molecule has 0 aromatic heterocycles. The van der Waals surface area contributed by atoms with Crippen molar-refractivity contribution in [3.05, 3.63) is 76.8 Å². The third-order valence-corrected chi connectivity index (χ3v) is 6.24. The maximum Gasteiger partial charge on any atom is 0.251 e. The molecule has 3 aromatic rings. The van der Waals surface area contributed by atoms with Crippen LogP contribution in [-0.2, 0) is 11.2 Å². The topological polar surface area (TPSA) is 76.7 Å². The highest BCUT2D eigenvalue weighted by atomic mass is 35.5. The van der Waals surface area contributed by atoms with Crippen LogP contribution in [0.3, 0.4) is 0 Å². The summed E-state index contributed by atoms with van der Waals surface area (Å²) in [5.41, 5.74) is 2.08. The summed E-state index contributed by atoms with van der Waals surface area (Å²) in [6.45, 7) is 6.86. The lowest BCUT2D eigenvalue weighted by atomic mass is 10.1. The van der Waals surface area contributed by atoms with Crippen LogP contribution in [0, 0.1) is 0 Å². The minimum Gasteiger partial charge on any atom is -0.490 e. The Morgan fingerprint density at radius 2 is 1.63 bits per heavy atom. The van der Waals surface area contributed by atoms with Crippen molar-refractivity contribution in [1.82, 2.24) is 5.32 Å². The maximum atomic E-state index is 12.8. The lowest BCUT2D eigenvalue weighted by Crippen LogP contribution is -2.26. The molecule has 0 spiro atoms. The Bertz CT molecular complexity index is 1170. The summed E-state index contributed by atoms with van der Waals surface area (Å²) in [7, 11) is 0. The largest absolute Gasteiger partial charge is 0.490 e. The highest BCUT2D eigenvalue weighted by molar-refractivity contribution is 7.99. The van der Waals surface area contributed by atoms with Crippen LogP contribution in [0.15, 0.2) is 70.5 Å². The van der Waals surface area contributed by atoms with E-state index in [0.29, 0.717) is 54.0 Å². The van der Waals surface area contributed by atoms with Crippen molar-refractivity contribution in [2.24, 2.45) is 0 Å². The highest BCUT2D eigenvalue weighted by Crippen LogP contribution is 2.35. The molecule has 0 fully saturated rings. The van der Waals surface area contributed by atoms with E-state index in [9.17, 15) is 9.59 Å². The Kier molecular flexibility index (Phi) is 9.87. The molecule has 0 aliphatic rings. The molecule has 0 bridgehead atoms. The normalized spacial score (nSPS) is 10.5. The molecule has 0 radical (unpaired) electrons. The van der Waals surface area contributed by atoms with Gasteiger partial charge in [-0.25, -0.2) is 0 Å². The predicted molar refractivity (Wildman–Crippen MR) is 141 cm³/mol. The zero-order valence-electron chi connectivity index (χ0n) is 20.0. The Morgan fingerprint density at radius 1 is 0.914 bits per heavy atom. The van der Waals surface area contributed by atoms with E-state index in [0.717, 1.165) is 15.4 Å². The number of amides is 2. The van der Waals surface area contributed by atoms with E-state index in [4.69, 9.17) is 21.1 Å². The number of anilines is 1. The van der Waals surface area contributed by atoms with E-state index in [-0.39, 0.29) is 11.8 Å². The summed E-state index contributed by atoms with van der Waals surface area (Å²) in [6, 6.07) is 18.5. The van der Waals surface area contributed by atoms with E-state index in [1.165, 1.54) is 18.7 Å². The third kappa shape index (κ3) is 7.94. The number of benzene rings is 3. The fraction of sp³-hybridized carbons (Fsp3) is 0.259. The number of carbonyl (C=O) groups is 2. The standard InChI is InChI=1S/C27H29ClN2O4S/c1-4-33-24-12-6-19(16-25(24)34-5-2)14-15-29-27(32)20-7-13-26(23(17-20)30-18(3)31)35-22-10-8-21(28)9-11-22/h6-13,16-17H,4-5,14-15H2,1-3H3,(H,29,32)(H,30,31). The fourth-order valence-electron chi connectivity index (χ4n) is 3.35. The van der Waals surface area contributed by atoms with Crippen LogP contribution in [0.1, 0.15) is 36.7 Å². The van der Waals surface area contributed by atoms with Crippen LogP contribution in [0.5, 0.6) is 11.5 Å². The Hall–Kier alpha value is -3.16. The number of hydrogen-bond acceptors (Lipinski definition) is 5. The predicted octanol–water partition coefficient (Wildman–Crippen LogP) is 6.22. The zero-order chi connectivity index (χ0) is 25.2. The maximum absolute atomic E-state index is 12.8. The van der Waals surface area contributed by atoms with Crippen molar-refractivity contribution in [2.45, 2.75) is 37.0 Å². The second-order valence-electron chi connectivity index (χ2n) is 7.60. The van der Waals surface area contributed by atoms with Gasteiger partial charge in [0.15, 0.2) is 11.5 Å². The van der Waals surface area contributed by atoms with Gasteiger partial charge in [0.05, 0.1) is 18.9 Å². The highest BCUT2D eigenvalue weighted by Gasteiger charge is 2.13. The van der Waals surface area contributed by atoms with Gasteiger partial charge in [-0.2, -0.15) is 0 Å². The van der Waals surface area contributed by atoms with Crippen molar-refractivity contribution in [3.63, 3.8) is 0 Å². The quantitative estimate of drug-likeness (QED) is 0.319. The Labute approximate surface area is 215 Å². The van der Waals surface area contributed by atoms with Crippen molar-refractivity contribution < 1.29 is 19.1 Å². The van der Waals surface area contributed by atoms with E-state index in [2.05, 4.69) is 10.6 Å². The molecular formula is C27H29ClN2O4S. The molecule has 0 atom stereocenters. The smallest absolute Gasteiger partial charge is 0.251 e. The summed E-state index contributed by atoms with van der Waals surface area (Å²) < 4.78 is 11.3. The van der Waals surface area contributed by atoms with Crippen LogP contribution in [0.4, 0.5) is 5.69 Å². The second kappa shape index (κ2) is 13.1. The van der Waals surface area contributed by atoms with Crippen LogP contribution in [0.25, 0.3) is 0 Å². The molecule has 0 heterocycles. The lowest BCUT2D eigenvalue weighted by molar-refractivity contribution is -0.114. The first-order valence-electron chi connectivity index (χ1n) is 11.4. The molecule has 35 heavy (non-hydrogen) atoms. The van der Waals surface area contributed by atoms with Gasteiger partial charge in [0.1, 0.15) is 0 Å². The third-order valence-electron chi connectivity index (χ3n) is 4.90. The van der Waals surface area contributed by atoms with Crippen molar-refractivity contribution in [2.75, 3.05) is 25.1 Å². The van der Waals surface area contributed by atoms with Crippen LogP contribution in [0.2, 0.25) is 5.02 Å². The van der Waals surface area contributed by atoms with Crippen LogP contribution in [-0.4, -0.2) is 31.6 Å². The molecule has 3 aromatic carbocycles. The minimum absolute atomic E-state index is 0.207. The number of rotatable bonds is 11. The van der Waals surface area contributed by atoms with E-state index >= 15 is 0 Å². The minimum atomic E-state index is -0.212. The van der Waals surface area contributed by atoms with Crippen molar-refractivity contribution in [3.8, 4) is 11.5 Å². The molecule has 0 saturated heterocycles. The number of carbonyl (C=O) groups excluding carboxylic acids is 2. The van der Waals surface area contributed by atoms with E-state index in [1.807, 2.05) is 62.4 Å². The van der Waals surface area contributed by atoms with Gasteiger partial charge in [0.2, 0.25) is 5.91 Å². The first kappa shape index (κ1) is 26.4. The van der Waals surface area contributed by atoms with Gasteiger partial charge in [-0.05, 0) is 80.4 Å². The lowest BCUT2D eigenvalue weighted by Gasteiger charge is -2.13. The summed E-state index contributed by atoms with van der Waals surface area (Å²) in [5.74, 6) is 0.993. The zero-order valence-corrected chi connectivity index (χ0v) is 21.6. The number of hydrogen-bond donors (Lipinski definition) is 2. The molecule has 3 rings (SSSR count). The summed E-state index contributed by atoms with van der Waals surface area (Å²) in [5, 5.41) is 6.43. The molecule has 2 amide bonds. The number of halogens is 1. The van der Waals surface area contributed by atoms with Crippen LogP contribution < -0.4 is 20.1 Å². The summed E-state index contributed by atoms with van der Waals surface area (Å²) in [4.78, 5) is 26.4. The van der Waals surface area contributed by atoms with E-state index < -0.39 is 0 Å². The first-order chi connectivity index (χ1) is 16.9. The molecule has 184 valence electrons. The van der Waals surface area contributed by atoms with Gasteiger partial charge >= 0.3 is 0 Å². The van der Waals surface area contributed by atoms with Gasteiger partial charge in [-0.1, -0.05) is 29.4 Å². The van der Waals surface area contributed by atoms with Gasteiger partial charge in [-0.15, -0.1) is 0 Å². The fourth-order valence-corrected chi connectivity index (χ4v) is 4.36. The van der Waals surface area contributed by atoms with Crippen molar-refractivity contribution in [1.29, 1.82) is 0 Å². The van der Waals surface area contributed by atoms with Gasteiger partial charge in [0, 0.05) is 33.8 Å². The molecular weight excluding hydrogens is 484 g/mol. The summed E-state index contributed by atoms with van der Waals surface area (Å²) in [6.07, 6.45) is 0.640. The number of nitrogens with one attached hydrogen (secondary N) is 2. The summed E-state index contributed by atoms with van der Waals surface area (Å²) >= 11 is 7.45. The molecule has 6 nitrogen and oxygen atoms in total. The van der Waals surface area contributed by atoms with Gasteiger partial charge in [-0.3, -0.25) is 9.59 Å². The Balaban J connectivity index is 1.67. The molecule has 0 aliphatic carbocycles. The first-order valence-corrected chi connectivity index (χ1v) is 12.6. The molecule has 0 aliphatic heterocycles. The Morgan fingerprint density at radius 3 is 2.31 bits per heavy atom.